The van der Waals surface area contributed by atoms with E-state index in [-0.39, 0.29) is 0 Å². The van der Waals surface area contributed by atoms with Crippen molar-refractivity contribution in [1.29, 1.82) is 0 Å². The first-order valence-corrected chi connectivity index (χ1v) is 19.6. The molecule has 0 bridgehead atoms. The second-order valence-electron chi connectivity index (χ2n) is 14.8. The first-order valence-electron chi connectivity index (χ1n) is 19.6. The molecule has 0 saturated heterocycles. The van der Waals surface area contributed by atoms with Gasteiger partial charge in [-0.25, -0.2) is 9.97 Å². The fourth-order valence-corrected chi connectivity index (χ4v) is 8.86. The molecule has 2 aliphatic rings. The van der Waals surface area contributed by atoms with Crippen molar-refractivity contribution in [2.75, 3.05) is 0 Å². The number of fused-ring (bicyclic) bond motifs is 6. The Morgan fingerprint density at radius 1 is 0.464 bits per heavy atom. The molecule has 9 aromatic rings. The maximum Gasteiger partial charge on any atom is 0.160 e. The molecule has 4 heteroatoms. The van der Waals surface area contributed by atoms with Crippen LogP contribution in [0.3, 0.4) is 0 Å². The highest BCUT2D eigenvalue weighted by atomic mass is 15.0. The van der Waals surface area contributed by atoms with E-state index in [4.69, 9.17) is 9.97 Å². The van der Waals surface area contributed by atoms with Gasteiger partial charge in [0.15, 0.2) is 5.82 Å². The lowest BCUT2D eigenvalue weighted by Gasteiger charge is -2.17. The third-order valence-corrected chi connectivity index (χ3v) is 11.5. The summed E-state index contributed by atoms with van der Waals surface area (Å²) in [6, 6.07) is 56.3. The molecule has 4 nitrogen and oxygen atoms in total. The normalized spacial score (nSPS) is 13.9. The van der Waals surface area contributed by atoms with E-state index in [1.54, 1.807) is 0 Å². The summed E-state index contributed by atoms with van der Waals surface area (Å²) in [7, 11) is 0. The fraction of sp³-hybridized carbons (Fsp3) is 0.0769. The lowest BCUT2D eigenvalue weighted by molar-refractivity contribution is 0.967. The summed E-state index contributed by atoms with van der Waals surface area (Å²) in [6.45, 7) is 0. The van der Waals surface area contributed by atoms with E-state index in [1.165, 1.54) is 60.8 Å². The molecular weight excluding hydrogens is 681 g/mol. The third-order valence-electron chi connectivity index (χ3n) is 11.5. The monoisotopic (exact) mass is 718 g/mol. The molecule has 0 amide bonds. The van der Waals surface area contributed by atoms with Gasteiger partial charge in [0.1, 0.15) is 0 Å². The van der Waals surface area contributed by atoms with Crippen molar-refractivity contribution in [2.45, 2.75) is 25.7 Å². The first kappa shape index (κ1) is 32.4. The van der Waals surface area contributed by atoms with Crippen molar-refractivity contribution in [2.24, 2.45) is 0 Å². The van der Waals surface area contributed by atoms with Crippen molar-refractivity contribution in [3.63, 3.8) is 0 Å². The number of hydrogen-bond donors (Lipinski definition) is 0. The number of allylic oxidation sites excluding steroid dienone is 5. The Labute approximate surface area is 326 Å². The topological polar surface area (TPSA) is 35.6 Å². The van der Waals surface area contributed by atoms with Crippen LogP contribution in [0, 0.1) is 0 Å². The van der Waals surface area contributed by atoms with Gasteiger partial charge in [-0.2, -0.15) is 0 Å². The minimum absolute atomic E-state index is 0.722. The quantitative estimate of drug-likeness (QED) is 0.172. The minimum Gasteiger partial charge on any atom is -0.310 e. The highest BCUT2D eigenvalue weighted by molar-refractivity contribution is 6.10. The van der Waals surface area contributed by atoms with E-state index in [0.717, 1.165) is 65.3 Å². The van der Waals surface area contributed by atoms with Crippen LogP contribution in [0.5, 0.6) is 0 Å². The molecule has 0 atom stereocenters. The molecule has 0 fully saturated rings. The van der Waals surface area contributed by atoms with Gasteiger partial charge in [0.2, 0.25) is 0 Å². The average molecular weight is 719 g/mol. The van der Waals surface area contributed by atoms with Crippen LogP contribution >= 0.6 is 0 Å². The molecule has 0 spiro atoms. The molecule has 56 heavy (non-hydrogen) atoms. The molecule has 3 aromatic heterocycles. The van der Waals surface area contributed by atoms with Crippen LogP contribution in [-0.2, 0) is 6.42 Å². The number of para-hydroxylation sites is 2. The molecule has 11 rings (SSSR count). The van der Waals surface area contributed by atoms with E-state index >= 15 is 0 Å². The molecule has 0 N–H and O–H groups in total. The number of nitrogens with zero attached hydrogens (tertiary/aromatic N) is 4. The fourth-order valence-electron chi connectivity index (χ4n) is 8.86. The highest BCUT2D eigenvalue weighted by Crippen LogP contribution is 2.40. The largest absolute Gasteiger partial charge is 0.310 e. The number of benzene rings is 6. The molecular formula is C52H38N4. The smallest absolute Gasteiger partial charge is 0.160 e. The van der Waals surface area contributed by atoms with Crippen molar-refractivity contribution >= 4 is 50.1 Å². The maximum atomic E-state index is 5.15. The van der Waals surface area contributed by atoms with Crippen LogP contribution < -0.4 is 0 Å². The Hall–Kier alpha value is -7.04. The van der Waals surface area contributed by atoms with Crippen molar-refractivity contribution in [1.82, 2.24) is 19.1 Å². The van der Waals surface area contributed by atoms with Crippen LogP contribution in [0.25, 0.3) is 89.6 Å². The lowest BCUT2D eigenvalue weighted by atomic mass is 9.93. The predicted octanol–water partition coefficient (Wildman–Crippen LogP) is 13.2. The van der Waals surface area contributed by atoms with Crippen LogP contribution in [0.15, 0.2) is 176 Å². The zero-order chi connectivity index (χ0) is 37.0. The summed E-state index contributed by atoms with van der Waals surface area (Å²) in [6.07, 6.45) is 13.6. The van der Waals surface area contributed by atoms with E-state index in [0.29, 0.717) is 0 Å². The van der Waals surface area contributed by atoms with Gasteiger partial charge in [-0.3, -0.25) is 0 Å². The number of aromatic nitrogens is 4. The second-order valence-corrected chi connectivity index (χ2v) is 14.8. The van der Waals surface area contributed by atoms with Crippen LogP contribution in [0.1, 0.15) is 36.1 Å². The van der Waals surface area contributed by atoms with Crippen molar-refractivity contribution < 1.29 is 0 Å². The average Bonchev–Trinajstić information content (AvgIpc) is 3.80. The lowest BCUT2D eigenvalue weighted by Crippen LogP contribution is -2.01. The van der Waals surface area contributed by atoms with E-state index < -0.39 is 0 Å². The molecule has 0 radical (unpaired) electrons. The zero-order valence-electron chi connectivity index (χ0n) is 30.9. The third kappa shape index (κ3) is 5.45. The van der Waals surface area contributed by atoms with Crippen molar-refractivity contribution in [3.8, 4) is 39.6 Å². The minimum atomic E-state index is 0.722. The summed E-state index contributed by atoms with van der Waals surface area (Å²) >= 11 is 0. The Morgan fingerprint density at radius 2 is 1.12 bits per heavy atom. The van der Waals surface area contributed by atoms with Gasteiger partial charge in [-0.15, -0.1) is 0 Å². The van der Waals surface area contributed by atoms with Gasteiger partial charge in [0.25, 0.3) is 0 Å². The van der Waals surface area contributed by atoms with Gasteiger partial charge in [-0.05, 0) is 97.0 Å². The van der Waals surface area contributed by atoms with Gasteiger partial charge < -0.3 is 9.13 Å². The molecule has 2 aliphatic carbocycles. The van der Waals surface area contributed by atoms with Crippen LogP contribution in [-0.4, -0.2) is 19.1 Å². The number of rotatable bonds is 6. The van der Waals surface area contributed by atoms with Crippen LogP contribution in [0.2, 0.25) is 0 Å². The van der Waals surface area contributed by atoms with Crippen molar-refractivity contribution in [3.05, 3.63) is 193 Å². The number of hydrogen-bond acceptors (Lipinski definition) is 2. The second kappa shape index (κ2) is 13.4. The summed E-state index contributed by atoms with van der Waals surface area (Å²) in [5.74, 6) is 0.722. The van der Waals surface area contributed by atoms with Gasteiger partial charge >= 0.3 is 0 Å². The predicted molar refractivity (Wildman–Crippen MR) is 233 cm³/mol. The van der Waals surface area contributed by atoms with E-state index in [9.17, 15) is 0 Å². The molecule has 0 aliphatic heterocycles. The van der Waals surface area contributed by atoms with Gasteiger partial charge in [0, 0.05) is 49.9 Å². The molecule has 0 saturated carbocycles. The van der Waals surface area contributed by atoms with Gasteiger partial charge in [0.05, 0.1) is 27.9 Å². The molecule has 3 heterocycles. The van der Waals surface area contributed by atoms with E-state index in [2.05, 4.69) is 167 Å². The Balaban J connectivity index is 1.02. The number of aryl methyl sites for hydroxylation is 1. The standard InChI is InChI=1S/C52H38N4/c1-3-15-35(16-4-1)46-34-47(54-52(53-46)36-17-5-2-6-18-36)39-20-14-22-41(32-39)56-50-28-12-9-25-44(50)45-33-38(29-30-51(45)56)37-19-13-21-40(31-37)55-48-26-10-7-23-42(48)43-24-8-11-27-49(43)55/h1-8,10-12,14-18,20-24,26-34H,9,13,19,25H2. The first-order chi connectivity index (χ1) is 27.8. The maximum absolute atomic E-state index is 5.15. The summed E-state index contributed by atoms with van der Waals surface area (Å²) in [5, 5.41) is 3.92. The summed E-state index contributed by atoms with van der Waals surface area (Å²) in [4.78, 5) is 10.2. The van der Waals surface area contributed by atoms with E-state index in [1.807, 2.05) is 24.3 Å². The zero-order valence-corrected chi connectivity index (χ0v) is 30.9. The highest BCUT2D eigenvalue weighted by Gasteiger charge is 2.22. The van der Waals surface area contributed by atoms with Crippen LogP contribution in [0.4, 0.5) is 0 Å². The molecule has 0 unspecified atom stereocenters. The molecule has 6 aromatic carbocycles. The SMILES string of the molecule is C1=Cc2c(c3cc(C4=CC(n5c6ccccc6c6ccccc65)=CCC4)ccc3n2-c2cccc(-c3cc(-c4ccccc4)nc(-c4ccccc4)n3)c2)CC1. The summed E-state index contributed by atoms with van der Waals surface area (Å²) in [5.41, 5.74) is 16.4. The Morgan fingerprint density at radius 3 is 1.89 bits per heavy atom. The summed E-state index contributed by atoms with van der Waals surface area (Å²) < 4.78 is 4.89. The Bertz CT molecular complexity index is 2960. The molecule has 266 valence electrons. The Kier molecular flexibility index (Phi) is 7.73. The van der Waals surface area contributed by atoms with Gasteiger partial charge in [-0.1, -0.05) is 127 Å².